The summed E-state index contributed by atoms with van der Waals surface area (Å²) in [6.07, 6.45) is 4.44. The van der Waals surface area contributed by atoms with Crippen molar-refractivity contribution in [3.63, 3.8) is 0 Å². The Balaban J connectivity index is 1.74. The van der Waals surface area contributed by atoms with Crippen molar-refractivity contribution in [3.8, 4) is 12.3 Å². The summed E-state index contributed by atoms with van der Waals surface area (Å²) in [4.78, 5) is 34.5. The van der Waals surface area contributed by atoms with E-state index in [0.29, 0.717) is 39.0 Å². The molecule has 8 heteroatoms. The fourth-order valence-electron chi connectivity index (χ4n) is 4.33. The van der Waals surface area contributed by atoms with Gasteiger partial charge in [-0.25, -0.2) is 9.78 Å². The highest BCUT2D eigenvalue weighted by Crippen LogP contribution is 2.46. The predicted molar refractivity (Wildman–Crippen MR) is 128 cm³/mol. The summed E-state index contributed by atoms with van der Waals surface area (Å²) in [5.41, 5.74) is 2.28. The van der Waals surface area contributed by atoms with E-state index in [4.69, 9.17) is 6.42 Å². The Morgan fingerprint density at radius 2 is 1.94 bits per heavy atom. The molecule has 2 amide bonds. The molecular weight excluding hydrogens is 432 g/mol. The second-order valence-electron chi connectivity index (χ2n) is 8.14. The number of hydrogen-bond acceptors (Lipinski definition) is 4. The smallest absolute Gasteiger partial charge is 0.413 e. The molecule has 3 N–H and O–H groups in total. The van der Waals surface area contributed by atoms with E-state index in [9.17, 15) is 19.8 Å². The second kappa shape index (κ2) is 7.47. The van der Waals surface area contributed by atoms with Crippen LogP contribution in [0.5, 0.6) is 0 Å². The van der Waals surface area contributed by atoms with Gasteiger partial charge < -0.3 is 15.2 Å². The molecular formula is C26H20N4O4. The SMILES string of the molecule is C#Cc1ccc(C)c(N2C(=O)c3ccccc3C2(O)c2ccc3nc(N(C)C(=O)O)[nH]c3c2)c1. The van der Waals surface area contributed by atoms with Crippen molar-refractivity contribution < 1.29 is 19.8 Å². The van der Waals surface area contributed by atoms with E-state index in [1.165, 1.54) is 11.9 Å². The summed E-state index contributed by atoms with van der Waals surface area (Å²) in [5.74, 6) is 2.37. The lowest BCUT2D eigenvalue weighted by atomic mass is 9.93. The maximum absolute atomic E-state index is 13.6. The third kappa shape index (κ3) is 2.95. The Morgan fingerprint density at radius 3 is 2.68 bits per heavy atom. The van der Waals surface area contributed by atoms with Gasteiger partial charge in [0.05, 0.1) is 16.7 Å². The Kier molecular flexibility index (Phi) is 4.67. The highest BCUT2D eigenvalue weighted by atomic mass is 16.4. The minimum atomic E-state index is -1.83. The van der Waals surface area contributed by atoms with Gasteiger partial charge in [0, 0.05) is 29.3 Å². The summed E-state index contributed by atoms with van der Waals surface area (Å²) in [7, 11) is 1.38. The number of rotatable bonds is 3. The number of nitrogens with zero attached hydrogens (tertiary/aromatic N) is 3. The molecule has 34 heavy (non-hydrogen) atoms. The Bertz CT molecular complexity index is 1530. The molecule has 168 valence electrons. The molecule has 1 unspecified atom stereocenters. The number of aromatic nitrogens is 2. The zero-order valence-electron chi connectivity index (χ0n) is 18.4. The molecule has 2 heterocycles. The minimum absolute atomic E-state index is 0.143. The Hall–Kier alpha value is -4.61. The van der Waals surface area contributed by atoms with Crippen LogP contribution in [-0.2, 0) is 5.72 Å². The van der Waals surface area contributed by atoms with Crippen LogP contribution in [0.2, 0.25) is 0 Å². The molecule has 8 nitrogen and oxygen atoms in total. The lowest BCUT2D eigenvalue weighted by Gasteiger charge is -2.35. The van der Waals surface area contributed by atoms with Crippen LogP contribution >= 0.6 is 0 Å². The third-order valence-corrected chi connectivity index (χ3v) is 6.15. The fourth-order valence-corrected chi connectivity index (χ4v) is 4.33. The van der Waals surface area contributed by atoms with Crippen molar-refractivity contribution in [2.45, 2.75) is 12.6 Å². The summed E-state index contributed by atoms with van der Waals surface area (Å²) in [6, 6.07) is 17.2. The number of carbonyl (C=O) groups excluding carboxylic acids is 1. The first-order chi connectivity index (χ1) is 16.3. The molecule has 0 aliphatic carbocycles. The number of fused-ring (bicyclic) bond motifs is 2. The van der Waals surface area contributed by atoms with Crippen molar-refractivity contribution in [2.75, 3.05) is 16.8 Å². The molecule has 1 aliphatic rings. The van der Waals surface area contributed by atoms with Gasteiger partial charge in [-0.3, -0.25) is 14.6 Å². The van der Waals surface area contributed by atoms with E-state index in [1.807, 2.05) is 13.0 Å². The van der Waals surface area contributed by atoms with Crippen molar-refractivity contribution in [1.29, 1.82) is 0 Å². The molecule has 1 aromatic heterocycles. The molecule has 1 aliphatic heterocycles. The lowest BCUT2D eigenvalue weighted by molar-refractivity contribution is 0.0703. The van der Waals surface area contributed by atoms with Crippen LogP contribution in [0, 0.1) is 19.3 Å². The van der Waals surface area contributed by atoms with Gasteiger partial charge in [-0.1, -0.05) is 36.3 Å². The van der Waals surface area contributed by atoms with E-state index >= 15 is 0 Å². The largest absolute Gasteiger partial charge is 0.465 e. The molecule has 0 saturated carbocycles. The number of carbonyl (C=O) groups is 2. The Morgan fingerprint density at radius 1 is 1.18 bits per heavy atom. The number of amides is 2. The highest BCUT2D eigenvalue weighted by Gasteiger charge is 2.51. The third-order valence-electron chi connectivity index (χ3n) is 6.15. The summed E-state index contributed by atoms with van der Waals surface area (Å²) >= 11 is 0. The number of aliphatic hydroxyl groups is 1. The monoisotopic (exact) mass is 452 g/mol. The van der Waals surface area contributed by atoms with Gasteiger partial charge in [0.1, 0.15) is 0 Å². The number of imidazole rings is 1. The van der Waals surface area contributed by atoms with E-state index in [2.05, 4.69) is 15.9 Å². The Labute approximate surface area is 195 Å². The van der Waals surface area contributed by atoms with Crippen LogP contribution < -0.4 is 9.80 Å². The van der Waals surface area contributed by atoms with Crippen molar-refractivity contribution in [3.05, 3.63) is 88.5 Å². The first-order valence-electron chi connectivity index (χ1n) is 10.5. The molecule has 4 aromatic rings. The average molecular weight is 452 g/mol. The quantitative estimate of drug-likeness (QED) is 0.410. The van der Waals surface area contributed by atoms with Gasteiger partial charge in [0.2, 0.25) is 5.95 Å². The summed E-state index contributed by atoms with van der Waals surface area (Å²) in [5, 5.41) is 21.5. The van der Waals surface area contributed by atoms with E-state index in [-0.39, 0.29) is 11.9 Å². The van der Waals surface area contributed by atoms with Gasteiger partial charge in [-0.2, -0.15) is 0 Å². The van der Waals surface area contributed by atoms with Crippen LogP contribution in [0.15, 0.2) is 60.7 Å². The zero-order chi connectivity index (χ0) is 24.2. The van der Waals surface area contributed by atoms with E-state index in [1.54, 1.807) is 54.6 Å². The van der Waals surface area contributed by atoms with Crippen LogP contribution in [0.3, 0.4) is 0 Å². The number of aryl methyl sites for hydroxylation is 1. The maximum atomic E-state index is 13.6. The number of hydrogen-bond donors (Lipinski definition) is 3. The van der Waals surface area contributed by atoms with Gasteiger partial charge in [0.25, 0.3) is 5.91 Å². The molecule has 0 fully saturated rings. The van der Waals surface area contributed by atoms with Crippen LogP contribution in [0.1, 0.15) is 32.6 Å². The highest BCUT2D eigenvalue weighted by molar-refractivity contribution is 6.13. The molecule has 0 bridgehead atoms. The molecule has 3 aromatic carbocycles. The number of nitrogens with one attached hydrogen (secondary N) is 1. The standard InChI is InChI=1S/C26H20N4O4/c1-4-16-10-9-15(2)22(13-16)30-23(31)18-7-5-6-8-19(18)26(30,34)17-11-12-20-21(14-17)28-24(27-20)29(3)25(32)33/h1,5-14,34H,2-3H3,(H,27,28)(H,32,33). The number of benzene rings is 3. The van der Waals surface area contributed by atoms with Crippen LogP contribution in [0.4, 0.5) is 16.4 Å². The van der Waals surface area contributed by atoms with Crippen molar-refractivity contribution in [1.82, 2.24) is 9.97 Å². The normalized spacial score (nSPS) is 17.0. The first-order valence-corrected chi connectivity index (χ1v) is 10.5. The van der Waals surface area contributed by atoms with Gasteiger partial charge >= 0.3 is 6.09 Å². The molecule has 0 spiro atoms. The zero-order valence-corrected chi connectivity index (χ0v) is 18.4. The fraction of sp³-hybridized carbons (Fsp3) is 0.115. The number of carboxylic acid groups (broad SMARTS) is 1. The second-order valence-corrected chi connectivity index (χ2v) is 8.14. The number of aromatic amines is 1. The van der Waals surface area contributed by atoms with Crippen molar-refractivity contribution >= 4 is 34.7 Å². The van der Waals surface area contributed by atoms with Crippen LogP contribution in [-0.4, -0.2) is 39.2 Å². The molecule has 5 rings (SSSR count). The number of H-pyrrole nitrogens is 1. The number of terminal acetylenes is 1. The van der Waals surface area contributed by atoms with Crippen molar-refractivity contribution in [2.24, 2.45) is 0 Å². The summed E-state index contributed by atoms with van der Waals surface area (Å²) < 4.78 is 0. The topological polar surface area (TPSA) is 110 Å². The van der Waals surface area contributed by atoms with E-state index < -0.39 is 11.8 Å². The molecule has 0 saturated heterocycles. The average Bonchev–Trinajstić information content (AvgIpc) is 3.36. The van der Waals surface area contributed by atoms with Crippen LogP contribution in [0.25, 0.3) is 11.0 Å². The predicted octanol–water partition coefficient (Wildman–Crippen LogP) is 3.82. The minimum Gasteiger partial charge on any atom is -0.465 e. The molecule has 1 atom stereocenters. The van der Waals surface area contributed by atoms with Gasteiger partial charge in [0.15, 0.2) is 5.72 Å². The van der Waals surface area contributed by atoms with E-state index in [0.717, 1.165) is 10.5 Å². The maximum Gasteiger partial charge on any atom is 0.413 e. The van der Waals surface area contributed by atoms with Gasteiger partial charge in [-0.05, 0) is 42.8 Å². The summed E-state index contributed by atoms with van der Waals surface area (Å²) in [6.45, 7) is 1.85. The number of anilines is 2. The lowest BCUT2D eigenvalue weighted by Crippen LogP contribution is -2.45. The van der Waals surface area contributed by atoms with Gasteiger partial charge in [-0.15, -0.1) is 6.42 Å². The molecule has 0 radical (unpaired) electrons. The first kappa shape index (κ1) is 21.2.